The highest BCUT2D eigenvalue weighted by molar-refractivity contribution is 7.80. The highest BCUT2D eigenvalue weighted by atomic mass is 32.1. The van der Waals surface area contributed by atoms with Gasteiger partial charge in [0.1, 0.15) is 18.1 Å². The molecule has 1 aliphatic rings. The van der Waals surface area contributed by atoms with Crippen molar-refractivity contribution < 1.29 is 34.2 Å². The van der Waals surface area contributed by atoms with Gasteiger partial charge in [0, 0.05) is 18.7 Å². The first kappa shape index (κ1) is 26.7. The van der Waals surface area contributed by atoms with Crippen molar-refractivity contribution in [3.8, 4) is 0 Å². The smallest absolute Gasteiger partial charge is 0.327 e. The molecule has 1 saturated heterocycles. The lowest BCUT2D eigenvalue weighted by Gasteiger charge is -2.29. The molecule has 0 spiro atoms. The van der Waals surface area contributed by atoms with E-state index in [1.165, 1.54) is 4.90 Å². The maximum atomic E-state index is 12.9. The van der Waals surface area contributed by atoms with Gasteiger partial charge in [-0.1, -0.05) is 13.8 Å². The van der Waals surface area contributed by atoms with Crippen molar-refractivity contribution in [3.63, 3.8) is 0 Å². The minimum atomic E-state index is -1.24. The Hall–Kier alpha value is -2.34. The normalized spacial score (nSPS) is 18.9. The van der Waals surface area contributed by atoms with Crippen LogP contribution in [0, 0.1) is 5.92 Å². The van der Waals surface area contributed by atoms with Gasteiger partial charge >= 0.3 is 11.9 Å². The summed E-state index contributed by atoms with van der Waals surface area (Å²) < 4.78 is 0. The lowest BCUT2D eigenvalue weighted by molar-refractivity contribution is -0.143. The predicted octanol–water partition coefficient (Wildman–Crippen LogP) is -0.800. The Balaban J connectivity index is 2.86. The zero-order chi connectivity index (χ0) is 23.7. The molecule has 12 heteroatoms. The van der Waals surface area contributed by atoms with Crippen LogP contribution in [0.3, 0.4) is 0 Å². The number of nitrogens with zero attached hydrogens (tertiary/aromatic N) is 1. The van der Waals surface area contributed by atoms with Crippen LogP contribution in [0.4, 0.5) is 0 Å². The van der Waals surface area contributed by atoms with Crippen LogP contribution in [0.2, 0.25) is 0 Å². The quantitative estimate of drug-likeness (QED) is 0.205. The van der Waals surface area contributed by atoms with Crippen molar-refractivity contribution in [1.82, 2.24) is 15.5 Å². The molecule has 0 saturated carbocycles. The molecule has 4 unspecified atom stereocenters. The van der Waals surface area contributed by atoms with Gasteiger partial charge in [-0.05, 0) is 31.6 Å². The fourth-order valence-corrected chi connectivity index (χ4v) is 3.59. The molecule has 1 fully saturated rings. The summed E-state index contributed by atoms with van der Waals surface area (Å²) in [7, 11) is 0. The average Bonchev–Trinajstić information content (AvgIpc) is 3.18. The van der Waals surface area contributed by atoms with Gasteiger partial charge in [-0.25, -0.2) is 4.79 Å². The number of carboxylic acid groups (broad SMARTS) is 2. The number of thiol groups is 1. The number of amides is 3. The summed E-state index contributed by atoms with van der Waals surface area (Å²) in [5, 5.41) is 22.9. The molecular weight excluding hydrogens is 428 g/mol. The molecule has 4 atom stereocenters. The molecule has 0 aromatic carbocycles. The Morgan fingerprint density at radius 2 is 1.77 bits per heavy atom. The Morgan fingerprint density at radius 3 is 2.29 bits per heavy atom. The molecule has 176 valence electrons. The van der Waals surface area contributed by atoms with Crippen LogP contribution in [0.1, 0.15) is 46.0 Å². The lowest BCUT2D eigenvalue weighted by atomic mass is 10.0. The van der Waals surface area contributed by atoms with Crippen molar-refractivity contribution in [3.05, 3.63) is 0 Å². The maximum Gasteiger partial charge on any atom is 0.327 e. The highest BCUT2D eigenvalue weighted by Gasteiger charge is 2.38. The summed E-state index contributed by atoms with van der Waals surface area (Å²) in [4.78, 5) is 61.3. The molecule has 1 rings (SSSR count). The first-order valence-corrected chi connectivity index (χ1v) is 10.8. The maximum absolute atomic E-state index is 12.9. The van der Waals surface area contributed by atoms with Crippen LogP contribution in [0.5, 0.6) is 0 Å². The first-order valence-electron chi connectivity index (χ1n) is 10.2. The van der Waals surface area contributed by atoms with E-state index in [1.807, 2.05) is 13.8 Å². The molecule has 1 heterocycles. The molecule has 0 bridgehead atoms. The Kier molecular flexibility index (Phi) is 10.8. The Morgan fingerprint density at radius 1 is 1.13 bits per heavy atom. The Bertz CT molecular complexity index is 688. The number of carbonyl (C=O) groups is 5. The van der Waals surface area contributed by atoms with E-state index < -0.39 is 53.8 Å². The summed E-state index contributed by atoms with van der Waals surface area (Å²) in [6, 6.07) is -4.04. The van der Waals surface area contributed by atoms with E-state index >= 15 is 0 Å². The third-order valence-corrected chi connectivity index (χ3v) is 5.33. The van der Waals surface area contributed by atoms with E-state index in [2.05, 4.69) is 23.3 Å². The fraction of sp³-hybridized carbons (Fsp3) is 0.737. The topological polar surface area (TPSA) is 179 Å². The van der Waals surface area contributed by atoms with Crippen LogP contribution in [-0.2, 0) is 24.0 Å². The van der Waals surface area contributed by atoms with Crippen molar-refractivity contribution in [2.45, 2.75) is 70.1 Å². The number of carbonyl (C=O) groups excluding carboxylic acids is 3. The molecule has 3 amide bonds. The molecule has 6 N–H and O–H groups in total. The lowest BCUT2D eigenvalue weighted by Crippen LogP contribution is -2.57. The van der Waals surface area contributed by atoms with E-state index in [4.69, 9.17) is 15.9 Å². The number of nitrogens with one attached hydrogen (secondary N) is 2. The van der Waals surface area contributed by atoms with Gasteiger partial charge in [0.05, 0.1) is 6.04 Å². The minimum absolute atomic E-state index is 0.0288. The standard InChI is InChI=1S/C19H32N4O7S/c1-10(2)8-12(16(26)22-13(9-31)19(29)30)21-17(27)14-4-3-7-23(14)18(28)11(20)5-6-15(24)25/h10-14,31H,3-9,20H2,1-2H3,(H,21,27)(H,22,26)(H,24,25)(H,29,30). The predicted molar refractivity (Wildman–Crippen MR) is 114 cm³/mol. The number of hydrogen-bond acceptors (Lipinski definition) is 7. The van der Waals surface area contributed by atoms with Crippen LogP contribution >= 0.6 is 12.6 Å². The van der Waals surface area contributed by atoms with E-state index in [0.717, 1.165) is 0 Å². The number of carboxylic acids is 2. The van der Waals surface area contributed by atoms with Gasteiger partial charge in [-0.3, -0.25) is 19.2 Å². The summed E-state index contributed by atoms with van der Waals surface area (Å²) in [5.41, 5.74) is 5.81. The second-order valence-electron chi connectivity index (χ2n) is 8.00. The number of aliphatic carboxylic acids is 2. The summed E-state index contributed by atoms with van der Waals surface area (Å²) in [5.74, 6) is -4.07. The number of hydrogen-bond donors (Lipinski definition) is 6. The number of likely N-dealkylation sites (tertiary alicyclic amines) is 1. The molecule has 0 radical (unpaired) electrons. The zero-order valence-electron chi connectivity index (χ0n) is 17.7. The minimum Gasteiger partial charge on any atom is -0.481 e. The molecule has 0 aromatic heterocycles. The number of nitrogens with two attached hydrogens (primary N) is 1. The summed E-state index contributed by atoms with van der Waals surface area (Å²) in [6.45, 7) is 4.01. The van der Waals surface area contributed by atoms with Crippen LogP contribution in [-0.4, -0.2) is 81.2 Å². The largest absolute Gasteiger partial charge is 0.481 e. The summed E-state index contributed by atoms with van der Waals surface area (Å²) >= 11 is 3.92. The van der Waals surface area contributed by atoms with Crippen LogP contribution in [0.25, 0.3) is 0 Å². The average molecular weight is 461 g/mol. The molecule has 1 aliphatic heterocycles. The van der Waals surface area contributed by atoms with E-state index in [9.17, 15) is 24.0 Å². The molecule has 0 aromatic rings. The third kappa shape index (κ3) is 8.37. The zero-order valence-corrected chi connectivity index (χ0v) is 18.6. The summed E-state index contributed by atoms with van der Waals surface area (Å²) in [6.07, 6.45) is 0.919. The SMILES string of the molecule is CC(C)CC(NC(=O)C1CCCN1C(=O)C(N)CCC(=O)O)C(=O)NC(CS)C(=O)O. The van der Waals surface area contributed by atoms with Crippen molar-refractivity contribution in [2.75, 3.05) is 12.3 Å². The fourth-order valence-electron chi connectivity index (χ4n) is 3.35. The second-order valence-corrected chi connectivity index (χ2v) is 8.37. The van der Waals surface area contributed by atoms with Crippen molar-refractivity contribution in [2.24, 2.45) is 11.7 Å². The van der Waals surface area contributed by atoms with Crippen LogP contribution < -0.4 is 16.4 Å². The van der Waals surface area contributed by atoms with Gasteiger partial charge in [0.2, 0.25) is 17.7 Å². The monoisotopic (exact) mass is 460 g/mol. The van der Waals surface area contributed by atoms with E-state index in [-0.39, 0.29) is 30.9 Å². The van der Waals surface area contributed by atoms with Gasteiger partial charge in [0.15, 0.2) is 0 Å². The first-order chi connectivity index (χ1) is 14.5. The molecule has 31 heavy (non-hydrogen) atoms. The van der Waals surface area contributed by atoms with Crippen LogP contribution in [0.15, 0.2) is 0 Å². The second kappa shape index (κ2) is 12.5. The molecule has 11 nitrogen and oxygen atoms in total. The van der Waals surface area contributed by atoms with Gasteiger partial charge < -0.3 is 31.5 Å². The van der Waals surface area contributed by atoms with E-state index in [1.54, 1.807) is 0 Å². The Labute approximate surface area is 186 Å². The van der Waals surface area contributed by atoms with E-state index in [0.29, 0.717) is 19.4 Å². The van der Waals surface area contributed by atoms with Crippen molar-refractivity contribution >= 4 is 42.3 Å². The van der Waals surface area contributed by atoms with Crippen molar-refractivity contribution in [1.29, 1.82) is 0 Å². The van der Waals surface area contributed by atoms with Gasteiger partial charge in [0.25, 0.3) is 0 Å². The number of rotatable bonds is 12. The molecular formula is C19H32N4O7S. The van der Waals surface area contributed by atoms with Gasteiger partial charge in [-0.15, -0.1) is 0 Å². The highest BCUT2D eigenvalue weighted by Crippen LogP contribution is 2.20. The molecule has 0 aliphatic carbocycles. The third-order valence-electron chi connectivity index (χ3n) is 4.96. The van der Waals surface area contributed by atoms with Gasteiger partial charge in [-0.2, -0.15) is 12.6 Å².